The van der Waals surface area contributed by atoms with E-state index in [0.717, 1.165) is 27.9 Å². The molecule has 3 aromatic heterocycles. The maximum absolute atomic E-state index is 13.8. The van der Waals surface area contributed by atoms with Crippen LogP contribution in [0.1, 0.15) is 22.5 Å². The van der Waals surface area contributed by atoms with Gasteiger partial charge < -0.3 is 5.73 Å². The van der Waals surface area contributed by atoms with Crippen molar-refractivity contribution in [3.63, 3.8) is 0 Å². The molecular formula is C25H21N7O. The molecule has 8 nitrogen and oxygen atoms in total. The van der Waals surface area contributed by atoms with Crippen molar-refractivity contribution in [2.24, 2.45) is 0 Å². The van der Waals surface area contributed by atoms with Gasteiger partial charge in [-0.25, -0.2) is 14.6 Å². The van der Waals surface area contributed by atoms with Crippen LogP contribution in [0.2, 0.25) is 0 Å². The van der Waals surface area contributed by atoms with Crippen LogP contribution in [0.4, 0.5) is 5.82 Å². The molecule has 0 saturated carbocycles. The Bertz CT molecular complexity index is 1640. The number of hydrogen-bond acceptors (Lipinski definition) is 6. The second kappa shape index (κ2) is 7.88. The topological polar surface area (TPSA) is 115 Å². The molecule has 0 atom stereocenters. The minimum absolute atomic E-state index is 0.0854. The summed E-state index contributed by atoms with van der Waals surface area (Å²) < 4.78 is 3.43. The second-order valence-electron chi connectivity index (χ2n) is 8.00. The quantitative estimate of drug-likeness (QED) is 0.462. The van der Waals surface area contributed by atoms with E-state index in [1.807, 2.05) is 62.4 Å². The van der Waals surface area contributed by atoms with Gasteiger partial charge in [-0.2, -0.15) is 10.4 Å². The lowest BCUT2D eigenvalue weighted by atomic mass is 10.1. The number of para-hydroxylation sites is 1. The van der Waals surface area contributed by atoms with Crippen LogP contribution in [0.25, 0.3) is 27.5 Å². The summed E-state index contributed by atoms with van der Waals surface area (Å²) in [7, 11) is 0. The smallest absolute Gasteiger partial charge is 0.263 e. The Morgan fingerprint density at radius 1 is 1.03 bits per heavy atom. The molecule has 33 heavy (non-hydrogen) atoms. The number of aromatic nitrogens is 5. The molecule has 0 spiro atoms. The fraction of sp³-hybridized carbons (Fsp3) is 0.160. The molecular weight excluding hydrogens is 414 g/mol. The monoisotopic (exact) mass is 435 g/mol. The Kier molecular flexibility index (Phi) is 4.87. The molecule has 5 rings (SSSR count). The van der Waals surface area contributed by atoms with Gasteiger partial charge in [0.05, 0.1) is 41.2 Å². The third-order valence-corrected chi connectivity index (χ3v) is 5.88. The van der Waals surface area contributed by atoms with E-state index in [0.29, 0.717) is 22.1 Å². The Hall–Kier alpha value is -4.51. The zero-order valence-corrected chi connectivity index (χ0v) is 18.3. The molecule has 0 aliphatic rings. The summed E-state index contributed by atoms with van der Waals surface area (Å²) in [5, 5.41) is 16.0. The number of nitriles is 1. The van der Waals surface area contributed by atoms with E-state index in [-0.39, 0.29) is 24.3 Å². The number of rotatable bonds is 4. The fourth-order valence-electron chi connectivity index (χ4n) is 4.35. The summed E-state index contributed by atoms with van der Waals surface area (Å²) >= 11 is 0. The number of anilines is 1. The average molecular weight is 435 g/mol. The molecule has 0 unspecified atom stereocenters. The third kappa shape index (κ3) is 3.31. The van der Waals surface area contributed by atoms with Gasteiger partial charge in [0.1, 0.15) is 12.1 Å². The summed E-state index contributed by atoms with van der Waals surface area (Å²) in [4.78, 5) is 22.2. The molecule has 0 amide bonds. The predicted octanol–water partition coefficient (Wildman–Crippen LogP) is 3.44. The number of nitrogen functional groups attached to an aromatic ring is 1. The van der Waals surface area contributed by atoms with Gasteiger partial charge in [0, 0.05) is 5.69 Å². The first kappa shape index (κ1) is 20.4. The van der Waals surface area contributed by atoms with E-state index < -0.39 is 0 Å². The molecule has 0 aliphatic carbocycles. The number of benzene rings is 2. The highest BCUT2D eigenvalue weighted by Gasteiger charge is 2.19. The van der Waals surface area contributed by atoms with Crippen LogP contribution in [0.15, 0.2) is 59.7 Å². The summed E-state index contributed by atoms with van der Waals surface area (Å²) in [6.45, 7) is 4.20. The molecule has 3 heterocycles. The summed E-state index contributed by atoms with van der Waals surface area (Å²) in [5.74, 6) is 0.280. The molecule has 0 aliphatic heterocycles. The van der Waals surface area contributed by atoms with Gasteiger partial charge in [0.15, 0.2) is 5.65 Å². The maximum Gasteiger partial charge on any atom is 0.263 e. The molecule has 8 heteroatoms. The minimum Gasteiger partial charge on any atom is -0.383 e. The zero-order chi connectivity index (χ0) is 23.1. The van der Waals surface area contributed by atoms with Crippen molar-refractivity contribution in [2.75, 3.05) is 5.73 Å². The van der Waals surface area contributed by atoms with Crippen molar-refractivity contribution >= 4 is 27.6 Å². The minimum atomic E-state index is -0.0854. The second-order valence-corrected chi connectivity index (χ2v) is 8.00. The number of fused-ring (bicyclic) bond motifs is 2. The Morgan fingerprint density at radius 2 is 1.82 bits per heavy atom. The summed E-state index contributed by atoms with van der Waals surface area (Å²) in [6.07, 6.45) is 1.47. The molecule has 5 aromatic rings. The molecule has 2 N–H and O–H groups in total. The van der Waals surface area contributed by atoms with Gasteiger partial charge in [-0.05, 0) is 42.5 Å². The third-order valence-electron chi connectivity index (χ3n) is 5.88. The van der Waals surface area contributed by atoms with Gasteiger partial charge >= 0.3 is 0 Å². The normalized spacial score (nSPS) is 11.2. The van der Waals surface area contributed by atoms with Crippen LogP contribution in [0.3, 0.4) is 0 Å². The first-order chi connectivity index (χ1) is 16.0. The first-order valence-corrected chi connectivity index (χ1v) is 10.5. The van der Waals surface area contributed by atoms with E-state index in [1.54, 1.807) is 9.25 Å². The molecule has 0 saturated heterocycles. The van der Waals surface area contributed by atoms with Crippen molar-refractivity contribution in [1.29, 1.82) is 5.26 Å². The van der Waals surface area contributed by atoms with Crippen LogP contribution in [-0.2, 0) is 13.0 Å². The lowest BCUT2D eigenvalue weighted by Crippen LogP contribution is -2.25. The highest BCUT2D eigenvalue weighted by atomic mass is 16.1. The Labute approximate surface area is 189 Å². The number of nitrogens with zero attached hydrogens (tertiary/aromatic N) is 6. The standard InChI is InChI=1S/C25H21N7O/c1-15-6-3-4-9-20(15)32-18(12-17-8-5-7-16(2)21(17)25(32)33)13-31-24-22(19(30-31)10-11-26)23(27)28-14-29-24/h3-9,12,14H,10,13H2,1-2H3,(H2,27,28,29). The number of nitrogens with two attached hydrogens (primary N) is 1. The lowest BCUT2D eigenvalue weighted by Gasteiger charge is -2.17. The maximum atomic E-state index is 13.8. The Balaban J connectivity index is 1.80. The van der Waals surface area contributed by atoms with Crippen molar-refractivity contribution in [3.8, 4) is 11.8 Å². The molecule has 0 fully saturated rings. The fourth-order valence-corrected chi connectivity index (χ4v) is 4.35. The molecule has 0 bridgehead atoms. The highest BCUT2D eigenvalue weighted by molar-refractivity contribution is 5.88. The number of hydrogen-bond donors (Lipinski definition) is 1. The number of aryl methyl sites for hydroxylation is 2. The van der Waals surface area contributed by atoms with Gasteiger partial charge in [-0.15, -0.1) is 0 Å². The van der Waals surface area contributed by atoms with Gasteiger partial charge in [-0.3, -0.25) is 9.36 Å². The van der Waals surface area contributed by atoms with Crippen molar-refractivity contribution in [3.05, 3.63) is 87.7 Å². The van der Waals surface area contributed by atoms with E-state index in [4.69, 9.17) is 5.73 Å². The van der Waals surface area contributed by atoms with Crippen LogP contribution in [0, 0.1) is 25.2 Å². The predicted molar refractivity (Wildman–Crippen MR) is 127 cm³/mol. The van der Waals surface area contributed by atoms with Crippen molar-refractivity contribution in [2.45, 2.75) is 26.8 Å². The van der Waals surface area contributed by atoms with E-state index >= 15 is 0 Å². The number of pyridine rings is 1. The first-order valence-electron chi connectivity index (χ1n) is 10.5. The van der Waals surface area contributed by atoms with E-state index in [9.17, 15) is 10.1 Å². The van der Waals surface area contributed by atoms with E-state index in [1.165, 1.54) is 6.33 Å². The lowest BCUT2D eigenvalue weighted by molar-refractivity contribution is 0.661. The average Bonchev–Trinajstić information content (AvgIpc) is 3.13. The molecule has 2 aromatic carbocycles. The summed E-state index contributed by atoms with van der Waals surface area (Å²) in [5.41, 5.74) is 10.5. The van der Waals surface area contributed by atoms with E-state index in [2.05, 4.69) is 21.1 Å². The summed E-state index contributed by atoms with van der Waals surface area (Å²) in [6, 6.07) is 17.8. The van der Waals surface area contributed by atoms with Crippen LogP contribution in [0.5, 0.6) is 0 Å². The van der Waals surface area contributed by atoms with Gasteiger partial charge in [0.25, 0.3) is 5.56 Å². The Morgan fingerprint density at radius 3 is 2.61 bits per heavy atom. The van der Waals surface area contributed by atoms with Crippen molar-refractivity contribution < 1.29 is 0 Å². The van der Waals surface area contributed by atoms with Gasteiger partial charge in [0.2, 0.25) is 0 Å². The highest BCUT2D eigenvalue weighted by Crippen LogP contribution is 2.25. The van der Waals surface area contributed by atoms with Crippen LogP contribution >= 0.6 is 0 Å². The van der Waals surface area contributed by atoms with Gasteiger partial charge in [-0.1, -0.05) is 36.4 Å². The zero-order valence-electron chi connectivity index (χ0n) is 18.3. The molecule has 162 valence electrons. The van der Waals surface area contributed by atoms with Crippen LogP contribution in [-0.4, -0.2) is 24.3 Å². The van der Waals surface area contributed by atoms with Crippen molar-refractivity contribution in [1.82, 2.24) is 24.3 Å². The largest absolute Gasteiger partial charge is 0.383 e. The van der Waals surface area contributed by atoms with Crippen LogP contribution < -0.4 is 11.3 Å². The molecule has 0 radical (unpaired) electrons. The SMILES string of the molecule is Cc1ccccc1-n1c(Cn2nc(CC#N)c3c(N)ncnc32)cc2cccc(C)c2c1=O.